The number of aromatic nitrogens is 2. The van der Waals surface area contributed by atoms with Crippen LogP contribution >= 0.6 is 0 Å². The largest absolute Gasteiger partial charge is 0.383 e. The average molecular weight is 280 g/mol. The first kappa shape index (κ1) is 16.7. The number of nitrogens with one attached hydrogen (secondary N) is 1. The first-order valence-electron chi connectivity index (χ1n) is 7.22. The Morgan fingerprint density at radius 3 is 2.55 bits per heavy atom. The van der Waals surface area contributed by atoms with Crippen molar-refractivity contribution in [1.29, 1.82) is 0 Å². The highest BCUT2D eigenvalue weighted by atomic mass is 16.5. The Hall–Kier alpha value is -1.36. The highest BCUT2D eigenvalue weighted by Crippen LogP contribution is 2.23. The molecule has 0 atom stereocenters. The van der Waals surface area contributed by atoms with Gasteiger partial charge in [-0.2, -0.15) is 0 Å². The van der Waals surface area contributed by atoms with E-state index in [4.69, 9.17) is 4.74 Å². The lowest BCUT2D eigenvalue weighted by Gasteiger charge is -2.23. The van der Waals surface area contributed by atoms with Crippen LogP contribution in [0.2, 0.25) is 0 Å². The van der Waals surface area contributed by atoms with Crippen LogP contribution in [0.3, 0.4) is 0 Å². The number of rotatable bonds is 7. The van der Waals surface area contributed by atoms with Crippen molar-refractivity contribution in [1.82, 2.24) is 9.97 Å². The van der Waals surface area contributed by atoms with Crippen LogP contribution in [0.4, 0.5) is 11.6 Å². The van der Waals surface area contributed by atoms with E-state index in [1.807, 2.05) is 13.1 Å². The third-order valence-electron chi connectivity index (χ3n) is 2.96. The Bertz CT molecular complexity index is 415. The van der Waals surface area contributed by atoms with Crippen LogP contribution in [0.15, 0.2) is 6.07 Å². The maximum atomic E-state index is 5.13. The van der Waals surface area contributed by atoms with E-state index in [2.05, 4.69) is 47.9 Å². The fourth-order valence-electron chi connectivity index (χ4n) is 1.65. The van der Waals surface area contributed by atoms with E-state index in [1.165, 1.54) is 0 Å². The zero-order valence-corrected chi connectivity index (χ0v) is 13.7. The molecule has 0 amide bonds. The number of ether oxygens (including phenoxy) is 1. The summed E-state index contributed by atoms with van der Waals surface area (Å²) >= 11 is 0. The van der Waals surface area contributed by atoms with Gasteiger partial charge in [0, 0.05) is 38.7 Å². The lowest BCUT2D eigenvalue weighted by molar-refractivity contribution is 0.206. The Morgan fingerprint density at radius 1 is 1.30 bits per heavy atom. The molecule has 0 fully saturated rings. The summed E-state index contributed by atoms with van der Waals surface area (Å²) in [4.78, 5) is 11.4. The monoisotopic (exact) mass is 280 g/mol. The molecule has 0 aliphatic rings. The number of anilines is 2. The Kier molecular flexibility index (Phi) is 6.20. The van der Waals surface area contributed by atoms with Gasteiger partial charge >= 0.3 is 0 Å². The Morgan fingerprint density at radius 2 is 2.00 bits per heavy atom. The molecule has 0 aromatic carbocycles. The van der Waals surface area contributed by atoms with Crippen molar-refractivity contribution >= 4 is 11.6 Å². The Labute approximate surface area is 122 Å². The molecule has 1 aromatic rings. The van der Waals surface area contributed by atoms with Gasteiger partial charge in [0.25, 0.3) is 0 Å². The molecule has 5 heteroatoms. The van der Waals surface area contributed by atoms with Gasteiger partial charge in [-0.3, -0.25) is 0 Å². The molecule has 1 heterocycles. The highest BCUT2D eigenvalue weighted by Gasteiger charge is 2.20. The fourth-order valence-corrected chi connectivity index (χ4v) is 1.65. The molecule has 1 rings (SSSR count). The quantitative estimate of drug-likeness (QED) is 0.832. The maximum Gasteiger partial charge on any atom is 0.138 e. The highest BCUT2D eigenvalue weighted by molar-refractivity contribution is 5.49. The second-order valence-corrected chi connectivity index (χ2v) is 6.03. The first-order valence-corrected chi connectivity index (χ1v) is 7.22. The molecular weight excluding hydrogens is 252 g/mol. The smallest absolute Gasteiger partial charge is 0.138 e. The molecule has 0 radical (unpaired) electrons. The SMILES string of the molecule is CCCNc1cc(N(C)CCOC)nc(C(C)(C)C)n1. The van der Waals surface area contributed by atoms with Gasteiger partial charge in [0.15, 0.2) is 0 Å². The molecule has 114 valence electrons. The van der Waals surface area contributed by atoms with E-state index in [0.29, 0.717) is 6.61 Å². The molecule has 0 saturated carbocycles. The van der Waals surface area contributed by atoms with Gasteiger partial charge in [-0.05, 0) is 6.42 Å². The van der Waals surface area contributed by atoms with Crippen molar-refractivity contribution in [2.45, 2.75) is 39.5 Å². The molecule has 20 heavy (non-hydrogen) atoms. The minimum atomic E-state index is -0.0687. The normalized spacial score (nSPS) is 11.5. The standard InChI is InChI=1S/C15H28N4O/c1-7-8-16-12-11-13(19(5)9-10-20-6)18-14(17-12)15(2,3)4/h11H,7-10H2,1-6H3,(H,16,17,18). The molecule has 0 bridgehead atoms. The topological polar surface area (TPSA) is 50.3 Å². The second kappa shape index (κ2) is 7.43. The second-order valence-electron chi connectivity index (χ2n) is 6.03. The summed E-state index contributed by atoms with van der Waals surface area (Å²) in [5.41, 5.74) is -0.0687. The summed E-state index contributed by atoms with van der Waals surface area (Å²) in [6.07, 6.45) is 1.07. The summed E-state index contributed by atoms with van der Waals surface area (Å²) in [5, 5.41) is 3.35. The third kappa shape index (κ3) is 4.96. The minimum Gasteiger partial charge on any atom is -0.383 e. The van der Waals surface area contributed by atoms with Gasteiger partial charge in [0.05, 0.1) is 6.61 Å². The van der Waals surface area contributed by atoms with Crippen molar-refractivity contribution in [3.8, 4) is 0 Å². The molecule has 0 spiro atoms. The average Bonchev–Trinajstić information content (AvgIpc) is 2.41. The van der Waals surface area contributed by atoms with Gasteiger partial charge in [-0.25, -0.2) is 9.97 Å². The fraction of sp³-hybridized carbons (Fsp3) is 0.733. The molecular formula is C15H28N4O. The van der Waals surface area contributed by atoms with E-state index in [0.717, 1.165) is 37.0 Å². The summed E-state index contributed by atoms with van der Waals surface area (Å²) in [6.45, 7) is 10.9. The van der Waals surface area contributed by atoms with Crippen LogP contribution in [0, 0.1) is 0 Å². The molecule has 0 aliphatic heterocycles. The first-order chi connectivity index (χ1) is 9.38. The van der Waals surface area contributed by atoms with Gasteiger partial charge in [-0.15, -0.1) is 0 Å². The van der Waals surface area contributed by atoms with Crippen LogP contribution in [0.25, 0.3) is 0 Å². The van der Waals surface area contributed by atoms with Crippen molar-refractivity contribution in [3.63, 3.8) is 0 Å². The lowest BCUT2D eigenvalue weighted by atomic mass is 9.96. The number of methoxy groups -OCH3 is 1. The summed E-state index contributed by atoms with van der Waals surface area (Å²) in [7, 11) is 3.74. The summed E-state index contributed by atoms with van der Waals surface area (Å²) < 4.78 is 5.13. The van der Waals surface area contributed by atoms with E-state index >= 15 is 0 Å². The van der Waals surface area contributed by atoms with E-state index < -0.39 is 0 Å². The van der Waals surface area contributed by atoms with Crippen LogP contribution < -0.4 is 10.2 Å². The summed E-state index contributed by atoms with van der Waals surface area (Å²) in [5.74, 6) is 2.68. The molecule has 0 unspecified atom stereocenters. The predicted molar refractivity (Wildman–Crippen MR) is 84.7 cm³/mol. The van der Waals surface area contributed by atoms with E-state index in [-0.39, 0.29) is 5.41 Å². The van der Waals surface area contributed by atoms with Crippen LogP contribution in [0.5, 0.6) is 0 Å². The summed E-state index contributed by atoms with van der Waals surface area (Å²) in [6, 6.07) is 2.00. The van der Waals surface area contributed by atoms with Gasteiger partial charge in [0.2, 0.25) is 0 Å². The van der Waals surface area contributed by atoms with Crippen molar-refractivity contribution in [2.75, 3.05) is 44.1 Å². The number of hydrogen-bond acceptors (Lipinski definition) is 5. The minimum absolute atomic E-state index is 0.0687. The van der Waals surface area contributed by atoms with Crippen LogP contribution in [0.1, 0.15) is 39.9 Å². The maximum absolute atomic E-state index is 5.13. The van der Waals surface area contributed by atoms with Crippen LogP contribution in [-0.2, 0) is 10.2 Å². The Balaban J connectivity index is 3.02. The molecule has 1 N–H and O–H groups in total. The van der Waals surface area contributed by atoms with Gasteiger partial charge in [0.1, 0.15) is 17.5 Å². The van der Waals surface area contributed by atoms with Crippen molar-refractivity contribution in [3.05, 3.63) is 11.9 Å². The van der Waals surface area contributed by atoms with E-state index in [1.54, 1.807) is 7.11 Å². The van der Waals surface area contributed by atoms with Crippen molar-refractivity contribution < 1.29 is 4.74 Å². The van der Waals surface area contributed by atoms with Crippen molar-refractivity contribution in [2.24, 2.45) is 0 Å². The van der Waals surface area contributed by atoms with Gasteiger partial charge < -0.3 is 15.0 Å². The zero-order chi connectivity index (χ0) is 15.2. The third-order valence-corrected chi connectivity index (χ3v) is 2.96. The molecule has 0 aliphatic carbocycles. The number of hydrogen-bond donors (Lipinski definition) is 1. The number of likely N-dealkylation sites (N-methyl/N-ethyl adjacent to an activating group) is 1. The molecule has 0 saturated heterocycles. The molecule has 5 nitrogen and oxygen atoms in total. The number of nitrogens with zero attached hydrogens (tertiary/aromatic N) is 3. The van der Waals surface area contributed by atoms with Crippen LogP contribution in [-0.4, -0.2) is 43.8 Å². The lowest BCUT2D eigenvalue weighted by Crippen LogP contribution is -2.26. The molecule has 1 aromatic heterocycles. The zero-order valence-electron chi connectivity index (χ0n) is 13.7. The predicted octanol–water partition coefficient (Wildman–Crippen LogP) is 2.68. The van der Waals surface area contributed by atoms with Gasteiger partial charge in [-0.1, -0.05) is 27.7 Å². The van der Waals surface area contributed by atoms with E-state index in [9.17, 15) is 0 Å².